The fourth-order valence-electron chi connectivity index (χ4n) is 2.06. The van der Waals surface area contributed by atoms with Gasteiger partial charge in [0.2, 0.25) is 0 Å². The molecule has 0 bridgehead atoms. The molecule has 2 aromatic rings. The van der Waals surface area contributed by atoms with E-state index in [9.17, 15) is 9.59 Å². The summed E-state index contributed by atoms with van der Waals surface area (Å²) in [5, 5.41) is 0. The molecule has 0 radical (unpaired) electrons. The van der Waals surface area contributed by atoms with E-state index in [1.54, 1.807) is 18.2 Å². The van der Waals surface area contributed by atoms with Gasteiger partial charge in [-0.2, -0.15) is 0 Å². The molecule has 88 valence electrons. The van der Waals surface area contributed by atoms with E-state index in [1.165, 1.54) is 4.90 Å². The lowest BCUT2D eigenvalue weighted by Crippen LogP contribution is -2.25. The molecular weight excluding hydrogens is 341 g/mol. The number of carbonyl (C=O) groups is 2. The summed E-state index contributed by atoms with van der Waals surface area (Å²) in [5.41, 5.74) is 1.89. The number of benzene rings is 2. The molecule has 3 nitrogen and oxygen atoms in total. The summed E-state index contributed by atoms with van der Waals surface area (Å²) in [5.74, 6) is -0.925. The van der Waals surface area contributed by atoms with Crippen LogP contribution in [0.3, 0.4) is 0 Å². The Morgan fingerprint density at radius 2 is 1.44 bits per heavy atom. The summed E-state index contributed by atoms with van der Waals surface area (Å²) in [6.45, 7) is 0. The SMILES string of the molecule is O=C1C(=O)N(c2ccccc2I)c2ccccc21. The van der Waals surface area contributed by atoms with Gasteiger partial charge < -0.3 is 0 Å². The van der Waals surface area contributed by atoms with Crippen molar-refractivity contribution in [3.05, 3.63) is 57.7 Å². The number of carbonyl (C=O) groups excluding carboxylic acids is 2. The van der Waals surface area contributed by atoms with Gasteiger partial charge in [0.1, 0.15) is 0 Å². The highest BCUT2D eigenvalue weighted by Crippen LogP contribution is 2.37. The molecule has 0 aromatic heterocycles. The number of amides is 1. The lowest BCUT2D eigenvalue weighted by molar-refractivity contribution is -0.113. The number of rotatable bonds is 1. The third kappa shape index (κ3) is 1.56. The standard InChI is InChI=1S/C14H8INO2/c15-10-6-2-4-8-12(10)16-11-7-3-1-5-9(11)13(17)14(16)18/h1-8H. The number of nitrogens with zero attached hydrogens (tertiary/aromatic N) is 1. The number of hydrogen-bond donors (Lipinski definition) is 0. The first-order valence-corrected chi connectivity index (χ1v) is 6.50. The first-order valence-electron chi connectivity index (χ1n) is 5.42. The minimum Gasteiger partial charge on any atom is -0.283 e. The van der Waals surface area contributed by atoms with Crippen molar-refractivity contribution >= 4 is 45.7 Å². The third-order valence-corrected chi connectivity index (χ3v) is 3.79. The molecule has 18 heavy (non-hydrogen) atoms. The van der Waals surface area contributed by atoms with Gasteiger partial charge in [0.05, 0.1) is 16.9 Å². The van der Waals surface area contributed by atoms with Crippen molar-refractivity contribution in [2.24, 2.45) is 0 Å². The summed E-state index contributed by atoms with van der Waals surface area (Å²) in [4.78, 5) is 25.5. The van der Waals surface area contributed by atoms with E-state index in [4.69, 9.17) is 0 Å². The van der Waals surface area contributed by atoms with Crippen molar-refractivity contribution in [3.63, 3.8) is 0 Å². The Morgan fingerprint density at radius 3 is 2.17 bits per heavy atom. The van der Waals surface area contributed by atoms with Crippen LogP contribution in [0.5, 0.6) is 0 Å². The van der Waals surface area contributed by atoms with Crippen LogP contribution < -0.4 is 4.90 Å². The predicted octanol–water partition coefficient (Wildman–Crippen LogP) is 3.15. The van der Waals surface area contributed by atoms with Crippen molar-refractivity contribution in [1.29, 1.82) is 0 Å². The van der Waals surface area contributed by atoms with Gasteiger partial charge in [0.25, 0.3) is 5.78 Å². The van der Waals surface area contributed by atoms with E-state index >= 15 is 0 Å². The Morgan fingerprint density at radius 1 is 0.833 bits per heavy atom. The third-order valence-electron chi connectivity index (χ3n) is 2.88. The van der Waals surface area contributed by atoms with Gasteiger partial charge in [-0.15, -0.1) is 0 Å². The molecule has 0 saturated carbocycles. The maximum Gasteiger partial charge on any atom is 0.304 e. The normalized spacial score (nSPS) is 13.9. The van der Waals surface area contributed by atoms with Crippen molar-refractivity contribution in [3.8, 4) is 0 Å². The average molecular weight is 349 g/mol. The molecule has 1 amide bonds. The lowest BCUT2D eigenvalue weighted by Gasteiger charge is -2.17. The number of ketones is 1. The summed E-state index contributed by atoms with van der Waals surface area (Å²) in [6, 6.07) is 14.6. The first-order chi connectivity index (χ1) is 8.70. The van der Waals surface area contributed by atoms with Crippen LogP contribution in [0, 0.1) is 3.57 Å². The second kappa shape index (κ2) is 4.20. The molecule has 4 heteroatoms. The molecule has 3 rings (SSSR count). The minimum atomic E-state index is -0.486. The molecule has 2 aromatic carbocycles. The van der Waals surface area contributed by atoms with Crippen molar-refractivity contribution in [2.75, 3.05) is 4.90 Å². The monoisotopic (exact) mass is 349 g/mol. The second-order valence-corrected chi connectivity index (χ2v) is 5.10. The second-order valence-electron chi connectivity index (χ2n) is 3.94. The van der Waals surface area contributed by atoms with E-state index in [0.29, 0.717) is 11.3 Å². The highest BCUT2D eigenvalue weighted by molar-refractivity contribution is 14.1. The van der Waals surface area contributed by atoms with Crippen molar-refractivity contribution < 1.29 is 9.59 Å². The molecule has 0 saturated heterocycles. The molecule has 1 aliphatic heterocycles. The Kier molecular flexibility index (Phi) is 2.66. The van der Waals surface area contributed by atoms with E-state index in [1.807, 2.05) is 30.3 Å². The number of fused-ring (bicyclic) bond motifs is 1. The zero-order chi connectivity index (χ0) is 12.7. The quantitative estimate of drug-likeness (QED) is 0.586. The van der Waals surface area contributed by atoms with Crippen molar-refractivity contribution in [1.82, 2.24) is 0 Å². The highest BCUT2D eigenvalue weighted by atomic mass is 127. The first kappa shape index (κ1) is 11.4. The van der Waals surface area contributed by atoms with E-state index in [0.717, 1.165) is 9.26 Å². The maximum atomic E-state index is 12.1. The Labute approximate surface area is 118 Å². The summed E-state index contributed by atoms with van der Waals surface area (Å²) < 4.78 is 0.938. The van der Waals surface area contributed by atoms with Gasteiger partial charge in [-0.05, 0) is 46.9 Å². The van der Waals surface area contributed by atoms with Crippen LogP contribution in [0.25, 0.3) is 0 Å². The number of Topliss-reactive ketones (excluding diaryl/α,β-unsaturated/α-hetero) is 1. The van der Waals surface area contributed by atoms with Crippen LogP contribution >= 0.6 is 22.6 Å². The highest BCUT2D eigenvalue weighted by Gasteiger charge is 2.36. The lowest BCUT2D eigenvalue weighted by atomic mass is 10.1. The van der Waals surface area contributed by atoms with Gasteiger partial charge in [-0.1, -0.05) is 24.3 Å². The molecule has 1 heterocycles. The Hall–Kier alpha value is -1.69. The maximum absolute atomic E-state index is 12.1. The van der Waals surface area contributed by atoms with Gasteiger partial charge in [-0.25, -0.2) is 0 Å². The summed E-state index contributed by atoms with van der Waals surface area (Å²) in [7, 11) is 0. The van der Waals surface area contributed by atoms with Crippen LogP contribution in [-0.4, -0.2) is 11.7 Å². The number of anilines is 2. The summed E-state index contributed by atoms with van der Waals surface area (Å²) in [6.07, 6.45) is 0. The predicted molar refractivity (Wildman–Crippen MR) is 77.1 cm³/mol. The molecule has 0 unspecified atom stereocenters. The average Bonchev–Trinajstić information content (AvgIpc) is 2.64. The molecule has 0 fully saturated rings. The largest absolute Gasteiger partial charge is 0.304 e. The fraction of sp³-hybridized carbons (Fsp3) is 0. The topological polar surface area (TPSA) is 37.4 Å². The van der Waals surface area contributed by atoms with Crippen LogP contribution in [0.15, 0.2) is 48.5 Å². The molecule has 0 aliphatic carbocycles. The van der Waals surface area contributed by atoms with E-state index in [-0.39, 0.29) is 0 Å². The van der Waals surface area contributed by atoms with Crippen LogP contribution in [0.1, 0.15) is 10.4 Å². The number of para-hydroxylation sites is 2. The van der Waals surface area contributed by atoms with E-state index in [2.05, 4.69) is 22.6 Å². The smallest absolute Gasteiger partial charge is 0.283 e. The minimum absolute atomic E-state index is 0.440. The van der Waals surface area contributed by atoms with E-state index < -0.39 is 11.7 Å². The number of hydrogen-bond acceptors (Lipinski definition) is 2. The molecular formula is C14H8INO2. The number of halogens is 1. The van der Waals surface area contributed by atoms with Crippen LogP contribution in [0.2, 0.25) is 0 Å². The fourth-order valence-corrected chi connectivity index (χ4v) is 2.69. The van der Waals surface area contributed by atoms with Gasteiger partial charge in [0, 0.05) is 3.57 Å². The molecule has 0 spiro atoms. The zero-order valence-corrected chi connectivity index (χ0v) is 11.4. The molecule has 0 N–H and O–H groups in total. The van der Waals surface area contributed by atoms with Crippen molar-refractivity contribution in [2.45, 2.75) is 0 Å². The van der Waals surface area contributed by atoms with Gasteiger partial charge in [0.15, 0.2) is 0 Å². The van der Waals surface area contributed by atoms with Crippen LogP contribution in [-0.2, 0) is 4.79 Å². The Balaban J connectivity index is 2.23. The zero-order valence-electron chi connectivity index (χ0n) is 9.26. The Bertz CT molecular complexity index is 666. The summed E-state index contributed by atoms with van der Waals surface area (Å²) >= 11 is 2.16. The molecule has 1 aliphatic rings. The molecule has 0 atom stereocenters. The van der Waals surface area contributed by atoms with Gasteiger partial charge in [-0.3, -0.25) is 14.5 Å². The van der Waals surface area contributed by atoms with Gasteiger partial charge >= 0.3 is 5.91 Å². The van der Waals surface area contributed by atoms with Crippen LogP contribution in [0.4, 0.5) is 11.4 Å².